The molecule has 1 aliphatic rings. The minimum absolute atomic E-state index is 0.0259. The van der Waals surface area contributed by atoms with Crippen LogP contribution in [0.3, 0.4) is 0 Å². The van der Waals surface area contributed by atoms with Crippen LogP contribution in [-0.4, -0.2) is 41.1 Å². The molecule has 1 fully saturated rings. The molecule has 0 aromatic heterocycles. The van der Waals surface area contributed by atoms with Crippen LogP contribution in [0.2, 0.25) is 0 Å². The Morgan fingerprint density at radius 1 is 1.38 bits per heavy atom. The Bertz CT molecular complexity index is 399. The SMILES string of the molecule is C#CCN(CC1CC1)C(=O)NC(C)CCCC(C)C(=O)O. The number of carbonyl (C=O) groups is 2. The molecule has 0 radical (unpaired) electrons. The summed E-state index contributed by atoms with van der Waals surface area (Å²) in [4.78, 5) is 24.6. The third-order valence-corrected chi connectivity index (χ3v) is 3.81. The molecule has 0 aromatic rings. The fraction of sp³-hybridized carbons (Fsp3) is 0.750. The van der Waals surface area contributed by atoms with Crippen molar-refractivity contribution in [2.24, 2.45) is 11.8 Å². The standard InChI is InChI=1S/C16H26N2O3/c1-4-10-18(11-14-8-9-14)16(21)17-13(3)7-5-6-12(2)15(19)20/h1,12-14H,5-11H2,2-3H3,(H,17,21)(H,19,20). The van der Waals surface area contributed by atoms with Crippen LogP contribution in [0.1, 0.15) is 46.0 Å². The predicted molar refractivity (Wildman–Crippen MR) is 81.8 cm³/mol. The fourth-order valence-corrected chi connectivity index (χ4v) is 2.17. The van der Waals surface area contributed by atoms with Gasteiger partial charge in [0.2, 0.25) is 0 Å². The zero-order valence-corrected chi connectivity index (χ0v) is 13.0. The molecule has 1 saturated carbocycles. The number of hydrogen-bond donors (Lipinski definition) is 2. The van der Waals surface area contributed by atoms with Gasteiger partial charge in [-0.05, 0) is 38.5 Å². The number of carbonyl (C=O) groups excluding carboxylic acids is 1. The van der Waals surface area contributed by atoms with Gasteiger partial charge in [0.05, 0.1) is 12.5 Å². The monoisotopic (exact) mass is 294 g/mol. The summed E-state index contributed by atoms with van der Waals surface area (Å²) >= 11 is 0. The molecule has 0 heterocycles. The van der Waals surface area contributed by atoms with E-state index < -0.39 is 5.97 Å². The lowest BCUT2D eigenvalue weighted by atomic mass is 10.0. The highest BCUT2D eigenvalue weighted by molar-refractivity contribution is 5.74. The normalized spacial score (nSPS) is 16.6. The van der Waals surface area contributed by atoms with Crippen LogP contribution in [0.15, 0.2) is 0 Å². The number of urea groups is 1. The highest BCUT2D eigenvalue weighted by Crippen LogP contribution is 2.29. The van der Waals surface area contributed by atoms with Crippen LogP contribution in [0.25, 0.3) is 0 Å². The van der Waals surface area contributed by atoms with Gasteiger partial charge in [0.15, 0.2) is 0 Å². The second-order valence-corrected chi connectivity index (χ2v) is 6.05. The Morgan fingerprint density at radius 2 is 2.05 bits per heavy atom. The first-order valence-corrected chi connectivity index (χ1v) is 7.65. The molecule has 1 aliphatic carbocycles. The maximum Gasteiger partial charge on any atom is 0.318 e. The second-order valence-electron chi connectivity index (χ2n) is 6.05. The zero-order chi connectivity index (χ0) is 15.8. The summed E-state index contributed by atoms with van der Waals surface area (Å²) in [5.74, 6) is 2.03. The smallest absolute Gasteiger partial charge is 0.318 e. The van der Waals surface area contributed by atoms with Gasteiger partial charge in [-0.2, -0.15) is 0 Å². The summed E-state index contributed by atoms with van der Waals surface area (Å²) in [5.41, 5.74) is 0. The van der Waals surface area contributed by atoms with Crippen LogP contribution in [0, 0.1) is 24.2 Å². The topological polar surface area (TPSA) is 69.6 Å². The summed E-state index contributed by atoms with van der Waals surface area (Å²) in [6, 6.07) is -0.0865. The largest absolute Gasteiger partial charge is 0.481 e. The van der Waals surface area contributed by atoms with Gasteiger partial charge in [-0.3, -0.25) is 4.79 Å². The van der Waals surface area contributed by atoms with Gasteiger partial charge < -0.3 is 15.3 Å². The number of carboxylic acids is 1. The highest BCUT2D eigenvalue weighted by Gasteiger charge is 2.26. The number of terminal acetylenes is 1. The predicted octanol–water partition coefficient (Wildman–Crippen LogP) is 2.32. The minimum Gasteiger partial charge on any atom is -0.481 e. The van der Waals surface area contributed by atoms with E-state index in [4.69, 9.17) is 11.5 Å². The van der Waals surface area contributed by atoms with E-state index >= 15 is 0 Å². The lowest BCUT2D eigenvalue weighted by molar-refractivity contribution is -0.141. The van der Waals surface area contributed by atoms with Gasteiger partial charge in [0.25, 0.3) is 0 Å². The first-order chi connectivity index (χ1) is 9.93. The van der Waals surface area contributed by atoms with Crippen molar-refractivity contribution in [3.8, 4) is 12.3 Å². The van der Waals surface area contributed by atoms with Crippen molar-refractivity contribution in [2.75, 3.05) is 13.1 Å². The number of rotatable bonds is 9. The van der Waals surface area contributed by atoms with E-state index in [-0.39, 0.29) is 18.0 Å². The Hall–Kier alpha value is -1.70. The molecular formula is C16H26N2O3. The van der Waals surface area contributed by atoms with Crippen LogP contribution in [-0.2, 0) is 4.79 Å². The van der Waals surface area contributed by atoms with Crippen molar-refractivity contribution < 1.29 is 14.7 Å². The number of hydrogen-bond acceptors (Lipinski definition) is 2. The number of carboxylic acid groups (broad SMARTS) is 1. The molecule has 0 spiro atoms. The molecule has 118 valence electrons. The lowest BCUT2D eigenvalue weighted by Crippen LogP contribution is -2.44. The Kier molecular flexibility index (Phi) is 7.07. The minimum atomic E-state index is -0.767. The molecule has 1 rings (SSSR count). The first kappa shape index (κ1) is 17.4. The second kappa shape index (κ2) is 8.56. The third-order valence-electron chi connectivity index (χ3n) is 3.81. The molecule has 5 heteroatoms. The van der Waals surface area contributed by atoms with E-state index in [0.29, 0.717) is 18.9 Å². The maximum absolute atomic E-state index is 12.1. The van der Waals surface area contributed by atoms with Crippen molar-refractivity contribution in [1.29, 1.82) is 0 Å². The summed E-state index contributed by atoms with van der Waals surface area (Å²) in [6.45, 7) is 4.72. The van der Waals surface area contributed by atoms with Crippen molar-refractivity contribution in [2.45, 2.75) is 52.0 Å². The van der Waals surface area contributed by atoms with Crippen molar-refractivity contribution in [3.05, 3.63) is 0 Å². The van der Waals surface area contributed by atoms with Crippen LogP contribution in [0.5, 0.6) is 0 Å². The maximum atomic E-state index is 12.1. The van der Waals surface area contributed by atoms with E-state index in [0.717, 1.165) is 19.4 Å². The quantitative estimate of drug-likeness (QED) is 0.641. The molecular weight excluding hydrogens is 268 g/mol. The van der Waals surface area contributed by atoms with Gasteiger partial charge >= 0.3 is 12.0 Å². The first-order valence-electron chi connectivity index (χ1n) is 7.65. The highest BCUT2D eigenvalue weighted by atomic mass is 16.4. The van der Waals surface area contributed by atoms with Crippen LogP contribution >= 0.6 is 0 Å². The van der Waals surface area contributed by atoms with Gasteiger partial charge in [-0.25, -0.2) is 4.79 Å². The molecule has 0 aromatic carbocycles. The molecule has 2 atom stereocenters. The molecule has 0 bridgehead atoms. The van der Waals surface area contributed by atoms with Gasteiger partial charge in [-0.1, -0.05) is 19.3 Å². The molecule has 0 aliphatic heterocycles. The summed E-state index contributed by atoms with van der Waals surface area (Å²) in [5, 5.41) is 11.8. The summed E-state index contributed by atoms with van der Waals surface area (Å²) < 4.78 is 0. The van der Waals surface area contributed by atoms with Crippen LogP contribution in [0.4, 0.5) is 4.79 Å². The van der Waals surface area contributed by atoms with E-state index in [1.54, 1.807) is 11.8 Å². The molecule has 0 saturated heterocycles. The summed E-state index contributed by atoms with van der Waals surface area (Å²) in [7, 11) is 0. The van der Waals surface area contributed by atoms with Gasteiger partial charge in [0, 0.05) is 12.6 Å². The van der Waals surface area contributed by atoms with E-state index in [9.17, 15) is 9.59 Å². The van der Waals surface area contributed by atoms with Crippen molar-refractivity contribution >= 4 is 12.0 Å². The Morgan fingerprint density at radius 3 is 2.57 bits per heavy atom. The number of aliphatic carboxylic acids is 1. The Balaban J connectivity index is 2.27. The molecule has 2 amide bonds. The Labute approximate surface area is 127 Å². The summed E-state index contributed by atoms with van der Waals surface area (Å²) in [6.07, 6.45) is 9.85. The molecule has 21 heavy (non-hydrogen) atoms. The van der Waals surface area contributed by atoms with Gasteiger partial charge in [0.1, 0.15) is 0 Å². The molecule has 2 unspecified atom stereocenters. The van der Waals surface area contributed by atoms with E-state index in [1.807, 2.05) is 6.92 Å². The van der Waals surface area contributed by atoms with Crippen LogP contribution < -0.4 is 5.32 Å². The zero-order valence-electron chi connectivity index (χ0n) is 13.0. The number of nitrogens with zero attached hydrogens (tertiary/aromatic N) is 1. The average Bonchev–Trinajstić information content (AvgIpc) is 3.21. The third kappa shape index (κ3) is 7.03. The fourth-order valence-electron chi connectivity index (χ4n) is 2.17. The van der Waals surface area contributed by atoms with Crippen molar-refractivity contribution in [3.63, 3.8) is 0 Å². The molecule has 5 nitrogen and oxygen atoms in total. The van der Waals surface area contributed by atoms with Crippen molar-refractivity contribution in [1.82, 2.24) is 10.2 Å². The number of nitrogens with one attached hydrogen (secondary N) is 1. The van der Waals surface area contributed by atoms with E-state index in [2.05, 4.69) is 11.2 Å². The average molecular weight is 294 g/mol. The van der Waals surface area contributed by atoms with E-state index in [1.165, 1.54) is 12.8 Å². The van der Waals surface area contributed by atoms with Gasteiger partial charge in [-0.15, -0.1) is 6.42 Å². The molecule has 2 N–H and O–H groups in total. The lowest BCUT2D eigenvalue weighted by Gasteiger charge is -2.23. The number of amides is 2.